The molecule has 0 radical (unpaired) electrons. The van der Waals surface area contributed by atoms with Gasteiger partial charge in [-0.15, -0.1) is 0 Å². The van der Waals surface area contributed by atoms with Crippen LogP contribution in [0.3, 0.4) is 0 Å². The molecular formula is C17H25NO3. The van der Waals surface area contributed by atoms with Gasteiger partial charge in [0.1, 0.15) is 5.75 Å². The van der Waals surface area contributed by atoms with Crippen molar-refractivity contribution in [3.05, 3.63) is 29.3 Å². The lowest BCUT2D eigenvalue weighted by molar-refractivity contribution is 0.0728. The fourth-order valence-corrected chi connectivity index (χ4v) is 1.79. The van der Waals surface area contributed by atoms with E-state index in [0.717, 1.165) is 16.9 Å². The molecule has 0 heterocycles. The zero-order valence-electron chi connectivity index (χ0n) is 13.3. The molecule has 0 spiro atoms. The molecule has 116 valence electrons. The molecule has 2 N–H and O–H groups in total. The molecule has 0 aliphatic carbocycles. The van der Waals surface area contributed by atoms with E-state index in [1.807, 2.05) is 39.1 Å². The molecule has 0 aromatic heterocycles. The monoisotopic (exact) mass is 291 g/mol. The first-order valence-corrected chi connectivity index (χ1v) is 7.03. The van der Waals surface area contributed by atoms with E-state index in [1.54, 1.807) is 7.11 Å². The molecule has 0 amide bonds. The van der Waals surface area contributed by atoms with Crippen LogP contribution in [0.15, 0.2) is 18.2 Å². The number of likely N-dealkylation sites (N-methyl/N-ethyl adjacent to an activating group) is 1. The Kier molecular flexibility index (Phi) is 6.70. The van der Waals surface area contributed by atoms with Crippen molar-refractivity contribution in [1.29, 1.82) is 0 Å². The number of aliphatic hydroxyl groups excluding tert-OH is 2. The minimum Gasteiger partial charge on any atom is -0.496 e. The second-order valence-corrected chi connectivity index (χ2v) is 5.63. The van der Waals surface area contributed by atoms with Crippen LogP contribution in [0.1, 0.15) is 31.4 Å². The van der Waals surface area contributed by atoms with Crippen LogP contribution < -0.4 is 4.74 Å². The molecule has 1 aromatic rings. The van der Waals surface area contributed by atoms with E-state index in [4.69, 9.17) is 9.84 Å². The van der Waals surface area contributed by atoms with Crippen molar-refractivity contribution in [2.24, 2.45) is 0 Å². The summed E-state index contributed by atoms with van der Waals surface area (Å²) in [5, 5.41) is 18.2. The second-order valence-electron chi connectivity index (χ2n) is 5.63. The minimum atomic E-state index is -0.302. The summed E-state index contributed by atoms with van der Waals surface area (Å²) >= 11 is 0. The van der Waals surface area contributed by atoms with Crippen LogP contribution in [0.4, 0.5) is 0 Å². The Bertz CT molecular complexity index is 515. The molecule has 0 saturated carbocycles. The van der Waals surface area contributed by atoms with Crippen LogP contribution in [0.25, 0.3) is 0 Å². The van der Waals surface area contributed by atoms with Gasteiger partial charge in [0.15, 0.2) is 0 Å². The Balaban J connectivity index is 2.99. The normalized spacial score (nSPS) is 11.2. The van der Waals surface area contributed by atoms with Crippen molar-refractivity contribution in [2.45, 2.75) is 32.4 Å². The van der Waals surface area contributed by atoms with Crippen molar-refractivity contribution in [3.63, 3.8) is 0 Å². The highest BCUT2D eigenvalue weighted by molar-refractivity contribution is 5.44. The maximum Gasteiger partial charge on any atom is 0.123 e. The highest BCUT2D eigenvalue weighted by Crippen LogP contribution is 2.24. The van der Waals surface area contributed by atoms with E-state index < -0.39 is 0 Å². The summed E-state index contributed by atoms with van der Waals surface area (Å²) in [6.07, 6.45) is 0.471. The Morgan fingerprint density at radius 3 is 2.57 bits per heavy atom. The fourth-order valence-electron chi connectivity index (χ4n) is 1.79. The highest BCUT2D eigenvalue weighted by Gasteiger charge is 2.23. The molecule has 0 atom stereocenters. The van der Waals surface area contributed by atoms with Crippen molar-refractivity contribution < 1.29 is 14.9 Å². The van der Waals surface area contributed by atoms with Gasteiger partial charge in [-0.3, -0.25) is 4.90 Å². The number of hydrogen-bond acceptors (Lipinski definition) is 4. The average Bonchev–Trinajstić information content (AvgIpc) is 2.47. The molecular weight excluding hydrogens is 266 g/mol. The fraction of sp³-hybridized carbons (Fsp3) is 0.529. The molecule has 0 fully saturated rings. The van der Waals surface area contributed by atoms with Gasteiger partial charge in [-0.2, -0.15) is 0 Å². The first-order chi connectivity index (χ1) is 9.94. The SMILES string of the molecule is COc1ccc(C#CCCO)cc1CN(C)C(C)(C)CO. The second kappa shape index (κ2) is 8.04. The molecule has 0 aliphatic rings. The molecule has 4 heteroatoms. The van der Waals surface area contributed by atoms with Crippen LogP contribution in [-0.2, 0) is 6.54 Å². The van der Waals surface area contributed by atoms with E-state index in [9.17, 15) is 5.11 Å². The maximum absolute atomic E-state index is 9.45. The van der Waals surface area contributed by atoms with Crippen LogP contribution in [-0.4, -0.2) is 48.0 Å². The summed E-state index contributed by atoms with van der Waals surface area (Å²) in [5.41, 5.74) is 1.62. The number of ether oxygens (including phenoxy) is 1. The van der Waals surface area contributed by atoms with Gasteiger partial charge < -0.3 is 14.9 Å². The minimum absolute atomic E-state index is 0.0729. The lowest BCUT2D eigenvalue weighted by Crippen LogP contribution is -2.43. The van der Waals surface area contributed by atoms with Gasteiger partial charge in [-0.25, -0.2) is 0 Å². The topological polar surface area (TPSA) is 52.9 Å². The smallest absolute Gasteiger partial charge is 0.123 e. The van der Waals surface area contributed by atoms with E-state index in [1.165, 1.54) is 0 Å². The predicted octanol–water partition coefficient (Wildman–Crippen LogP) is 1.63. The number of methoxy groups -OCH3 is 1. The zero-order chi connectivity index (χ0) is 15.9. The molecule has 0 bridgehead atoms. The van der Waals surface area contributed by atoms with Gasteiger partial charge in [0.25, 0.3) is 0 Å². The Morgan fingerprint density at radius 1 is 1.29 bits per heavy atom. The van der Waals surface area contributed by atoms with Crippen LogP contribution >= 0.6 is 0 Å². The van der Waals surface area contributed by atoms with Gasteiger partial charge in [0.2, 0.25) is 0 Å². The summed E-state index contributed by atoms with van der Waals surface area (Å²) in [7, 11) is 3.62. The molecule has 0 unspecified atom stereocenters. The van der Waals surface area contributed by atoms with Gasteiger partial charge in [0, 0.05) is 29.6 Å². The number of benzene rings is 1. The van der Waals surface area contributed by atoms with Crippen molar-refractivity contribution in [3.8, 4) is 17.6 Å². The lowest BCUT2D eigenvalue weighted by Gasteiger charge is -2.34. The summed E-state index contributed by atoms with van der Waals surface area (Å²) in [6, 6.07) is 5.80. The van der Waals surface area contributed by atoms with Gasteiger partial charge in [-0.05, 0) is 39.1 Å². The Morgan fingerprint density at radius 2 is 2.00 bits per heavy atom. The third-order valence-corrected chi connectivity index (χ3v) is 3.58. The summed E-state index contributed by atoms with van der Waals surface area (Å²) < 4.78 is 5.40. The highest BCUT2D eigenvalue weighted by atomic mass is 16.5. The summed E-state index contributed by atoms with van der Waals surface area (Å²) in [5.74, 6) is 6.75. The summed E-state index contributed by atoms with van der Waals surface area (Å²) in [6.45, 7) is 4.80. The molecule has 1 aromatic carbocycles. The maximum atomic E-state index is 9.45. The summed E-state index contributed by atoms with van der Waals surface area (Å²) in [4.78, 5) is 2.08. The first kappa shape index (κ1) is 17.5. The molecule has 21 heavy (non-hydrogen) atoms. The van der Waals surface area contributed by atoms with E-state index in [2.05, 4.69) is 16.7 Å². The average molecular weight is 291 g/mol. The lowest BCUT2D eigenvalue weighted by atomic mass is 10.0. The Hall–Kier alpha value is -1.54. The van der Waals surface area contributed by atoms with E-state index in [-0.39, 0.29) is 18.8 Å². The van der Waals surface area contributed by atoms with Crippen LogP contribution in [0.2, 0.25) is 0 Å². The van der Waals surface area contributed by atoms with E-state index >= 15 is 0 Å². The molecule has 4 nitrogen and oxygen atoms in total. The molecule has 0 saturated heterocycles. The molecule has 0 aliphatic heterocycles. The van der Waals surface area contributed by atoms with Gasteiger partial charge in [0.05, 0.1) is 20.3 Å². The van der Waals surface area contributed by atoms with E-state index in [0.29, 0.717) is 13.0 Å². The van der Waals surface area contributed by atoms with Gasteiger partial charge in [-0.1, -0.05) is 11.8 Å². The van der Waals surface area contributed by atoms with Crippen molar-refractivity contribution in [1.82, 2.24) is 4.90 Å². The van der Waals surface area contributed by atoms with Crippen molar-refractivity contribution in [2.75, 3.05) is 27.4 Å². The quantitative estimate of drug-likeness (QED) is 0.782. The number of aliphatic hydroxyl groups is 2. The largest absolute Gasteiger partial charge is 0.496 e. The third kappa shape index (κ3) is 5.05. The van der Waals surface area contributed by atoms with Crippen LogP contribution in [0, 0.1) is 11.8 Å². The Labute approximate surface area is 127 Å². The first-order valence-electron chi connectivity index (χ1n) is 7.03. The van der Waals surface area contributed by atoms with Crippen LogP contribution in [0.5, 0.6) is 5.75 Å². The standard InChI is InChI=1S/C17H25NO3/c1-17(2,13-20)18(3)12-15-11-14(7-5-6-10-19)8-9-16(15)21-4/h8-9,11,19-20H,6,10,12-13H2,1-4H3. The number of hydrogen-bond donors (Lipinski definition) is 2. The number of rotatable bonds is 6. The predicted molar refractivity (Wildman–Crippen MR) is 84.2 cm³/mol. The van der Waals surface area contributed by atoms with Crippen molar-refractivity contribution >= 4 is 0 Å². The number of nitrogens with zero attached hydrogens (tertiary/aromatic N) is 1. The van der Waals surface area contributed by atoms with Gasteiger partial charge >= 0.3 is 0 Å². The molecule has 1 rings (SSSR count). The zero-order valence-corrected chi connectivity index (χ0v) is 13.3. The third-order valence-electron chi connectivity index (χ3n) is 3.58.